The molecule has 0 N–H and O–H groups in total. The smallest absolute Gasteiger partial charge is 0.253 e. The Kier molecular flexibility index (Phi) is 6.17. The number of nitrogens with zero attached hydrogens (tertiary/aromatic N) is 2. The highest BCUT2D eigenvalue weighted by molar-refractivity contribution is 7.89. The standard InChI is InChI=1S/C21H26N2O4S/c1-16-7-8-17(2)20(13-16)28(25,26)23-11-9-22(10-12-23)21(24)19-6-4-5-18(14-19)15-27-3/h4-8,13-14H,9-12,15H2,1-3H3. The van der Waals surface area contributed by atoms with E-state index in [0.717, 1.165) is 16.7 Å². The number of ether oxygens (including phenoxy) is 1. The molecular weight excluding hydrogens is 376 g/mol. The van der Waals surface area contributed by atoms with Crippen molar-refractivity contribution >= 4 is 15.9 Å². The van der Waals surface area contributed by atoms with E-state index in [0.29, 0.717) is 43.2 Å². The van der Waals surface area contributed by atoms with Crippen LogP contribution in [0.1, 0.15) is 27.0 Å². The number of benzene rings is 2. The topological polar surface area (TPSA) is 66.9 Å². The van der Waals surface area contributed by atoms with Gasteiger partial charge in [-0.25, -0.2) is 8.42 Å². The second-order valence-electron chi connectivity index (χ2n) is 7.10. The summed E-state index contributed by atoms with van der Waals surface area (Å²) in [6.45, 7) is 5.46. The molecule has 0 radical (unpaired) electrons. The predicted molar refractivity (Wildman–Crippen MR) is 108 cm³/mol. The molecule has 0 atom stereocenters. The minimum absolute atomic E-state index is 0.0817. The number of hydrogen-bond donors (Lipinski definition) is 0. The van der Waals surface area contributed by atoms with Gasteiger partial charge in [-0.05, 0) is 48.7 Å². The van der Waals surface area contributed by atoms with E-state index in [-0.39, 0.29) is 5.91 Å². The van der Waals surface area contributed by atoms with Crippen LogP contribution in [0, 0.1) is 13.8 Å². The highest BCUT2D eigenvalue weighted by Crippen LogP contribution is 2.23. The zero-order chi connectivity index (χ0) is 20.3. The van der Waals surface area contributed by atoms with Crippen molar-refractivity contribution in [2.75, 3.05) is 33.3 Å². The Hall–Kier alpha value is -2.22. The van der Waals surface area contributed by atoms with Gasteiger partial charge < -0.3 is 9.64 Å². The molecule has 0 bridgehead atoms. The van der Waals surface area contributed by atoms with Crippen LogP contribution >= 0.6 is 0 Å². The van der Waals surface area contributed by atoms with Gasteiger partial charge in [0.15, 0.2) is 0 Å². The zero-order valence-corrected chi connectivity index (χ0v) is 17.3. The van der Waals surface area contributed by atoms with E-state index < -0.39 is 10.0 Å². The van der Waals surface area contributed by atoms with Crippen LogP contribution in [0.5, 0.6) is 0 Å². The van der Waals surface area contributed by atoms with Crippen molar-refractivity contribution in [3.05, 3.63) is 64.7 Å². The monoisotopic (exact) mass is 402 g/mol. The number of aryl methyl sites for hydroxylation is 2. The number of piperazine rings is 1. The summed E-state index contributed by atoms with van der Waals surface area (Å²) in [5, 5.41) is 0. The van der Waals surface area contributed by atoms with Crippen molar-refractivity contribution in [1.82, 2.24) is 9.21 Å². The van der Waals surface area contributed by atoms with E-state index in [9.17, 15) is 13.2 Å². The van der Waals surface area contributed by atoms with Gasteiger partial charge >= 0.3 is 0 Å². The van der Waals surface area contributed by atoms with Crippen molar-refractivity contribution in [2.45, 2.75) is 25.3 Å². The summed E-state index contributed by atoms with van der Waals surface area (Å²) < 4.78 is 32.7. The number of amides is 1. The molecule has 6 nitrogen and oxygen atoms in total. The Bertz CT molecular complexity index is 964. The van der Waals surface area contributed by atoms with Crippen LogP contribution in [0.2, 0.25) is 0 Å². The molecule has 1 heterocycles. The summed E-state index contributed by atoms with van der Waals surface area (Å²) in [6.07, 6.45) is 0. The van der Waals surface area contributed by atoms with Crippen LogP contribution < -0.4 is 0 Å². The Balaban J connectivity index is 1.71. The lowest BCUT2D eigenvalue weighted by Gasteiger charge is -2.34. The van der Waals surface area contributed by atoms with Crippen molar-refractivity contribution in [3.8, 4) is 0 Å². The van der Waals surface area contributed by atoms with E-state index >= 15 is 0 Å². The fourth-order valence-corrected chi connectivity index (χ4v) is 5.13. The highest BCUT2D eigenvalue weighted by Gasteiger charge is 2.31. The number of sulfonamides is 1. The van der Waals surface area contributed by atoms with Crippen molar-refractivity contribution in [3.63, 3.8) is 0 Å². The molecule has 2 aromatic rings. The first-order chi connectivity index (χ1) is 13.3. The third-order valence-electron chi connectivity index (χ3n) is 4.97. The SMILES string of the molecule is COCc1cccc(C(=O)N2CCN(S(=O)(=O)c3cc(C)ccc3C)CC2)c1. The summed E-state index contributed by atoms with van der Waals surface area (Å²) in [5.74, 6) is -0.0817. The van der Waals surface area contributed by atoms with E-state index in [1.807, 2.05) is 37.3 Å². The van der Waals surface area contributed by atoms with Gasteiger partial charge in [0.2, 0.25) is 10.0 Å². The van der Waals surface area contributed by atoms with Gasteiger partial charge in [0.25, 0.3) is 5.91 Å². The molecule has 1 amide bonds. The Morgan fingerprint density at radius 1 is 1.04 bits per heavy atom. The molecule has 2 aromatic carbocycles. The largest absolute Gasteiger partial charge is 0.380 e. The lowest BCUT2D eigenvalue weighted by Crippen LogP contribution is -2.50. The molecule has 0 saturated carbocycles. The van der Waals surface area contributed by atoms with Crippen LogP contribution in [0.25, 0.3) is 0 Å². The number of methoxy groups -OCH3 is 1. The number of carbonyl (C=O) groups excluding carboxylic acids is 1. The first-order valence-electron chi connectivity index (χ1n) is 9.27. The third-order valence-corrected chi connectivity index (χ3v) is 7.01. The lowest BCUT2D eigenvalue weighted by molar-refractivity contribution is 0.0697. The Morgan fingerprint density at radius 2 is 1.75 bits per heavy atom. The fraction of sp³-hybridized carbons (Fsp3) is 0.381. The van der Waals surface area contributed by atoms with Gasteiger partial charge in [-0.2, -0.15) is 4.31 Å². The van der Waals surface area contributed by atoms with E-state index in [4.69, 9.17) is 4.74 Å². The van der Waals surface area contributed by atoms with Gasteiger partial charge in [-0.3, -0.25) is 4.79 Å². The van der Waals surface area contributed by atoms with E-state index in [1.165, 1.54) is 4.31 Å². The summed E-state index contributed by atoms with van der Waals surface area (Å²) >= 11 is 0. The molecule has 0 spiro atoms. The average molecular weight is 403 g/mol. The third kappa shape index (κ3) is 4.27. The van der Waals surface area contributed by atoms with Crippen molar-refractivity contribution in [1.29, 1.82) is 0 Å². The molecule has 7 heteroatoms. The van der Waals surface area contributed by atoms with Crippen LogP contribution in [-0.2, 0) is 21.4 Å². The van der Waals surface area contributed by atoms with Crippen molar-refractivity contribution < 1.29 is 17.9 Å². The maximum atomic E-state index is 13.0. The molecule has 0 aromatic heterocycles. The average Bonchev–Trinajstić information content (AvgIpc) is 2.70. The number of hydrogen-bond acceptors (Lipinski definition) is 4. The summed E-state index contributed by atoms with van der Waals surface area (Å²) in [4.78, 5) is 14.9. The molecule has 1 aliphatic rings. The summed E-state index contributed by atoms with van der Waals surface area (Å²) in [7, 11) is -1.95. The van der Waals surface area contributed by atoms with E-state index in [1.54, 1.807) is 31.1 Å². The van der Waals surface area contributed by atoms with Crippen LogP contribution in [0.15, 0.2) is 47.4 Å². The zero-order valence-electron chi connectivity index (χ0n) is 16.5. The molecule has 0 aliphatic carbocycles. The normalized spacial score (nSPS) is 15.6. The fourth-order valence-electron chi connectivity index (χ4n) is 3.40. The molecule has 28 heavy (non-hydrogen) atoms. The molecule has 150 valence electrons. The molecule has 3 rings (SSSR count). The quantitative estimate of drug-likeness (QED) is 0.771. The second-order valence-corrected chi connectivity index (χ2v) is 9.00. The first-order valence-corrected chi connectivity index (χ1v) is 10.7. The molecule has 1 aliphatic heterocycles. The van der Waals surface area contributed by atoms with E-state index in [2.05, 4.69) is 0 Å². The Labute approximate surface area is 166 Å². The number of rotatable bonds is 5. The van der Waals surface area contributed by atoms with Gasteiger partial charge in [-0.1, -0.05) is 24.3 Å². The van der Waals surface area contributed by atoms with Crippen LogP contribution in [0.4, 0.5) is 0 Å². The molecule has 1 saturated heterocycles. The Morgan fingerprint density at radius 3 is 2.43 bits per heavy atom. The van der Waals surface area contributed by atoms with Gasteiger partial charge in [0.05, 0.1) is 11.5 Å². The maximum absolute atomic E-state index is 13.0. The lowest BCUT2D eigenvalue weighted by atomic mass is 10.1. The minimum atomic E-state index is -3.56. The van der Waals surface area contributed by atoms with Crippen LogP contribution in [-0.4, -0.2) is 56.8 Å². The van der Waals surface area contributed by atoms with Crippen LogP contribution in [0.3, 0.4) is 0 Å². The summed E-state index contributed by atoms with van der Waals surface area (Å²) in [5.41, 5.74) is 3.18. The first kappa shape index (κ1) is 20.5. The highest BCUT2D eigenvalue weighted by atomic mass is 32.2. The molecule has 0 unspecified atom stereocenters. The summed E-state index contributed by atoms with van der Waals surface area (Å²) in [6, 6.07) is 12.8. The van der Waals surface area contributed by atoms with Gasteiger partial charge in [0, 0.05) is 38.9 Å². The number of carbonyl (C=O) groups is 1. The van der Waals surface area contributed by atoms with Gasteiger partial charge in [0.1, 0.15) is 0 Å². The predicted octanol–water partition coefficient (Wildman–Crippen LogP) is 2.60. The second kappa shape index (κ2) is 8.43. The molecule has 1 fully saturated rings. The minimum Gasteiger partial charge on any atom is -0.380 e. The maximum Gasteiger partial charge on any atom is 0.253 e. The molecular formula is C21H26N2O4S. The van der Waals surface area contributed by atoms with Crippen molar-refractivity contribution in [2.24, 2.45) is 0 Å². The van der Waals surface area contributed by atoms with Gasteiger partial charge in [-0.15, -0.1) is 0 Å².